The van der Waals surface area contributed by atoms with E-state index in [4.69, 9.17) is 5.14 Å². The molecule has 0 bridgehead atoms. The van der Waals surface area contributed by atoms with E-state index in [0.717, 1.165) is 5.56 Å². The Balaban J connectivity index is 1.53. The Kier molecular flexibility index (Phi) is 5.44. The average Bonchev–Trinajstić information content (AvgIpc) is 2.61. The van der Waals surface area contributed by atoms with Crippen molar-refractivity contribution in [2.24, 2.45) is 11.1 Å². The van der Waals surface area contributed by atoms with Gasteiger partial charge in [-0.1, -0.05) is 23.9 Å². The first-order valence-electron chi connectivity index (χ1n) is 7.93. The normalized spacial score (nSPS) is 16.7. The van der Waals surface area contributed by atoms with Crippen molar-refractivity contribution in [1.29, 1.82) is 0 Å². The fourth-order valence-corrected chi connectivity index (χ4v) is 4.21. The van der Waals surface area contributed by atoms with Crippen LogP contribution in [0, 0.1) is 5.92 Å². The van der Waals surface area contributed by atoms with Gasteiger partial charge in [0.15, 0.2) is 5.16 Å². The monoisotopic (exact) mass is 394 g/mol. The van der Waals surface area contributed by atoms with Gasteiger partial charge < -0.3 is 5.32 Å². The van der Waals surface area contributed by atoms with Crippen LogP contribution in [0.15, 0.2) is 51.4 Å². The number of fused-ring (bicyclic) bond motifs is 1. The lowest BCUT2D eigenvalue weighted by Gasteiger charge is -2.23. The first-order chi connectivity index (χ1) is 12.3. The molecule has 1 aromatic heterocycles. The minimum atomic E-state index is -3.70. The third-order valence-electron chi connectivity index (χ3n) is 4.05. The van der Waals surface area contributed by atoms with Crippen LogP contribution in [0.4, 0.5) is 0 Å². The molecule has 1 amide bonds. The molecule has 0 aliphatic carbocycles. The Morgan fingerprint density at radius 3 is 2.73 bits per heavy atom. The maximum absolute atomic E-state index is 12.3. The molecule has 3 N–H and O–H groups in total. The minimum Gasteiger partial charge on any atom is -0.355 e. The Labute approximate surface area is 154 Å². The van der Waals surface area contributed by atoms with E-state index in [9.17, 15) is 18.0 Å². The van der Waals surface area contributed by atoms with Gasteiger partial charge in [0.2, 0.25) is 15.9 Å². The minimum absolute atomic E-state index is 0.0576. The number of rotatable bonds is 5. The summed E-state index contributed by atoms with van der Waals surface area (Å²) in [6.07, 6.45) is 2.04. The summed E-state index contributed by atoms with van der Waals surface area (Å²) in [6.45, 7) is 0.743. The zero-order valence-corrected chi connectivity index (χ0v) is 15.4. The average molecular weight is 394 g/mol. The van der Waals surface area contributed by atoms with Crippen molar-refractivity contribution in [2.75, 3.05) is 12.3 Å². The third kappa shape index (κ3) is 4.32. The van der Waals surface area contributed by atoms with E-state index in [1.165, 1.54) is 40.7 Å². The zero-order chi connectivity index (χ0) is 18.7. The molecule has 26 heavy (non-hydrogen) atoms. The van der Waals surface area contributed by atoms with Crippen LogP contribution in [-0.4, -0.2) is 36.2 Å². The highest BCUT2D eigenvalue weighted by Crippen LogP contribution is 2.24. The van der Waals surface area contributed by atoms with Crippen LogP contribution in [0.2, 0.25) is 0 Å². The first-order valence-corrected chi connectivity index (χ1v) is 10.5. The van der Waals surface area contributed by atoms with Crippen LogP contribution in [-0.2, 0) is 27.8 Å². The summed E-state index contributed by atoms with van der Waals surface area (Å²) >= 11 is 1.40. The van der Waals surface area contributed by atoms with Gasteiger partial charge in [-0.3, -0.25) is 14.2 Å². The number of carbonyl (C=O) groups excluding carboxylic acids is 1. The second-order valence-electron chi connectivity index (χ2n) is 5.91. The summed E-state index contributed by atoms with van der Waals surface area (Å²) in [5.74, 6) is 0.171. The van der Waals surface area contributed by atoms with Crippen molar-refractivity contribution in [3.05, 3.63) is 52.4 Å². The molecule has 0 fully saturated rings. The van der Waals surface area contributed by atoms with Crippen molar-refractivity contribution in [3.63, 3.8) is 0 Å². The van der Waals surface area contributed by atoms with Gasteiger partial charge in [-0.05, 0) is 24.1 Å². The molecule has 10 heteroatoms. The molecule has 2 heterocycles. The van der Waals surface area contributed by atoms with E-state index in [2.05, 4.69) is 10.3 Å². The Morgan fingerprint density at radius 2 is 2.04 bits per heavy atom. The lowest BCUT2D eigenvalue weighted by molar-refractivity contribution is -0.124. The third-order valence-corrected chi connectivity index (χ3v) is 6.13. The Hall–Kier alpha value is -2.17. The Bertz CT molecular complexity index is 970. The van der Waals surface area contributed by atoms with E-state index < -0.39 is 10.0 Å². The van der Waals surface area contributed by atoms with Gasteiger partial charge in [0, 0.05) is 31.1 Å². The van der Waals surface area contributed by atoms with Crippen LogP contribution in [0.3, 0.4) is 0 Å². The molecule has 0 saturated carbocycles. The largest absolute Gasteiger partial charge is 0.355 e. The number of hydrogen-bond acceptors (Lipinski definition) is 6. The SMILES string of the molecule is NS(=O)(=O)c1ccc(CCNC(=O)[C@@H]2CSc3nccc(=O)n3C2)cc1. The van der Waals surface area contributed by atoms with Crippen molar-refractivity contribution in [2.45, 2.75) is 23.0 Å². The van der Waals surface area contributed by atoms with E-state index >= 15 is 0 Å². The number of hydrogen-bond donors (Lipinski definition) is 2. The number of nitrogens with zero attached hydrogens (tertiary/aromatic N) is 2. The lowest BCUT2D eigenvalue weighted by Crippen LogP contribution is -2.40. The predicted octanol–water partition coefficient (Wildman–Crippen LogP) is -0.0285. The van der Waals surface area contributed by atoms with Crippen LogP contribution in [0.25, 0.3) is 0 Å². The van der Waals surface area contributed by atoms with Crippen LogP contribution >= 0.6 is 11.8 Å². The molecule has 1 aliphatic heterocycles. The number of benzene rings is 1. The number of nitrogens with one attached hydrogen (secondary N) is 1. The summed E-state index contributed by atoms with van der Waals surface area (Å²) < 4.78 is 24.0. The van der Waals surface area contributed by atoms with Gasteiger partial charge in [-0.25, -0.2) is 18.5 Å². The van der Waals surface area contributed by atoms with Crippen molar-refractivity contribution in [1.82, 2.24) is 14.9 Å². The van der Waals surface area contributed by atoms with Crippen molar-refractivity contribution >= 4 is 27.7 Å². The summed E-state index contributed by atoms with van der Waals surface area (Å²) in [7, 11) is -3.70. The molecule has 1 atom stereocenters. The second kappa shape index (κ2) is 7.60. The van der Waals surface area contributed by atoms with Crippen LogP contribution < -0.4 is 16.0 Å². The number of aromatic nitrogens is 2. The van der Waals surface area contributed by atoms with E-state index in [0.29, 0.717) is 30.4 Å². The summed E-state index contributed by atoms with van der Waals surface area (Å²) in [6, 6.07) is 7.62. The molecular formula is C16H18N4O4S2. The number of carbonyl (C=O) groups is 1. The molecule has 8 nitrogen and oxygen atoms in total. The van der Waals surface area contributed by atoms with Crippen LogP contribution in [0.5, 0.6) is 0 Å². The van der Waals surface area contributed by atoms with Gasteiger partial charge >= 0.3 is 0 Å². The molecule has 1 aromatic carbocycles. The highest BCUT2D eigenvalue weighted by atomic mass is 32.2. The molecule has 0 saturated heterocycles. The Morgan fingerprint density at radius 1 is 1.31 bits per heavy atom. The molecule has 2 aromatic rings. The van der Waals surface area contributed by atoms with Gasteiger partial charge in [0.1, 0.15) is 0 Å². The second-order valence-corrected chi connectivity index (χ2v) is 8.46. The predicted molar refractivity (Wildman–Crippen MR) is 97.2 cm³/mol. The lowest BCUT2D eigenvalue weighted by atomic mass is 10.1. The van der Waals surface area contributed by atoms with Gasteiger partial charge in [-0.2, -0.15) is 0 Å². The van der Waals surface area contributed by atoms with Gasteiger partial charge in [0.05, 0.1) is 10.8 Å². The van der Waals surface area contributed by atoms with Crippen molar-refractivity contribution < 1.29 is 13.2 Å². The van der Waals surface area contributed by atoms with Gasteiger partial charge in [-0.15, -0.1) is 0 Å². The molecule has 0 radical (unpaired) electrons. The van der Waals surface area contributed by atoms with Gasteiger partial charge in [0.25, 0.3) is 5.56 Å². The topological polar surface area (TPSA) is 124 Å². The van der Waals surface area contributed by atoms with E-state index in [1.807, 2.05) is 0 Å². The molecule has 0 spiro atoms. The maximum atomic E-state index is 12.3. The highest BCUT2D eigenvalue weighted by Gasteiger charge is 2.26. The smallest absolute Gasteiger partial charge is 0.254 e. The first kappa shape index (κ1) is 18.6. The molecule has 3 rings (SSSR count). The molecule has 1 aliphatic rings. The standard InChI is InChI=1S/C16H18N4O4S2/c17-26(23,24)13-3-1-11(2-4-13)5-7-18-15(22)12-9-20-14(21)6-8-19-16(20)25-10-12/h1-4,6,8,12H,5,7,9-10H2,(H,18,22)(H2,17,23,24)/t12-/m0/s1. The van der Waals surface area contributed by atoms with E-state index in [-0.39, 0.29) is 22.3 Å². The number of nitrogens with two attached hydrogens (primary N) is 1. The highest BCUT2D eigenvalue weighted by molar-refractivity contribution is 7.99. The summed E-state index contributed by atoms with van der Waals surface area (Å²) in [5.41, 5.74) is 0.733. The number of primary sulfonamides is 1. The number of amides is 1. The fraction of sp³-hybridized carbons (Fsp3) is 0.312. The molecular weight excluding hydrogens is 376 g/mol. The number of sulfonamides is 1. The summed E-state index contributed by atoms with van der Waals surface area (Å²) in [4.78, 5) is 28.4. The number of thioether (sulfide) groups is 1. The zero-order valence-electron chi connectivity index (χ0n) is 13.8. The molecule has 0 unspecified atom stereocenters. The molecule has 138 valence electrons. The maximum Gasteiger partial charge on any atom is 0.254 e. The van der Waals surface area contributed by atoms with Crippen LogP contribution in [0.1, 0.15) is 5.56 Å². The quantitative estimate of drug-likeness (QED) is 0.687. The van der Waals surface area contributed by atoms with E-state index in [1.54, 1.807) is 12.1 Å². The summed E-state index contributed by atoms with van der Waals surface area (Å²) in [5, 5.41) is 8.56. The van der Waals surface area contributed by atoms with Crippen molar-refractivity contribution in [3.8, 4) is 0 Å². The fourth-order valence-electron chi connectivity index (χ4n) is 2.63.